The van der Waals surface area contributed by atoms with Gasteiger partial charge in [0.05, 0.1) is 22.3 Å². The Labute approximate surface area is 214 Å². The van der Waals surface area contributed by atoms with Crippen molar-refractivity contribution in [3.05, 3.63) is 125 Å². The third-order valence-corrected chi connectivity index (χ3v) is 7.68. The topological polar surface area (TPSA) is 68.2 Å². The summed E-state index contributed by atoms with van der Waals surface area (Å²) >= 11 is 0. The minimum absolute atomic E-state index is 0.0285. The summed E-state index contributed by atoms with van der Waals surface area (Å²) in [6, 6.07) is 29.4. The van der Waals surface area contributed by atoms with Crippen LogP contribution in [0.15, 0.2) is 97.6 Å². The van der Waals surface area contributed by atoms with Crippen molar-refractivity contribution in [3.8, 4) is 45.8 Å². The molecular weight excluding hydrogens is 454 g/mol. The first-order valence-corrected chi connectivity index (χ1v) is 12.2. The van der Waals surface area contributed by atoms with E-state index in [4.69, 9.17) is 0 Å². The Hall–Kier alpha value is -5.13. The Balaban J connectivity index is 1.62. The van der Waals surface area contributed by atoms with Crippen LogP contribution >= 0.6 is 0 Å². The first-order valence-electron chi connectivity index (χ1n) is 12.2. The molecule has 2 aliphatic rings. The second-order valence-corrected chi connectivity index (χ2v) is 9.58. The first kappa shape index (κ1) is 21.2. The number of nitrogens with zero attached hydrogens (tertiary/aromatic N) is 5. The molecule has 2 atom stereocenters. The molecule has 5 aromatic rings. The fraction of sp³-hybridized carbons (Fsp3) is 0.0938. The predicted octanol–water partition coefficient (Wildman–Crippen LogP) is 5.22. The summed E-state index contributed by atoms with van der Waals surface area (Å²) in [5.41, 5.74) is 10.9. The Morgan fingerprint density at radius 3 is 2.24 bits per heavy atom. The van der Waals surface area contributed by atoms with Crippen molar-refractivity contribution in [3.63, 3.8) is 0 Å². The van der Waals surface area contributed by atoms with Gasteiger partial charge in [0.1, 0.15) is 12.1 Å². The van der Waals surface area contributed by atoms with E-state index in [-0.39, 0.29) is 12.1 Å². The molecule has 0 bridgehead atoms. The Kier molecular flexibility index (Phi) is 4.55. The maximum absolute atomic E-state index is 9.88. The van der Waals surface area contributed by atoms with Gasteiger partial charge in [0.25, 0.3) is 12.1 Å². The number of hydrogen-bond donors (Lipinski definition) is 0. The van der Waals surface area contributed by atoms with Crippen LogP contribution in [0.3, 0.4) is 0 Å². The molecule has 0 saturated heterocycles. The van der Waals surface area contributed by atoms with Gasteiger partial charge in [-0.1, -0.05) is 18.2 Å². The van der Waals surface area contributed by atoms with Gasteiger partial charge in [-0.2, -0.15) is 19.7 Å². The van der Waals surface area contributed by atoms with E-state index in [1.807, 2.05) is 36.7 Å². The van der Waals surface area contributed by atoms with Crippen molar-refractivity contribution >= 4 is 0 Å². The van der Waals surface area contributed by atoms with Crippen LogP contribution in [-0.4, -0.2) is 4.98 Å². The van der Waals surface area contributed by atoms with E-state index in [0.717, 1.165) is 39.2 Å². The van der Waals surface area contributed by atoms with Crippen LogP contribution in [0, 0.1) is 29.6 Å². The van der Waals surface area contributed by atoms with Gasteiger partial charge in [0, 0.05) is 47.3 Å². The van der Waals surface area contributed by atoms with Crippen molar-refractivity contribution in [1.29, 1.82) is 10.5 Å². The zero-order valence-electron chi connectivity index (χ0n) is 20.1. The number of pyridine rings is 3. The Morgan fingerprint density at radius 1 is 0.703 bits per heavy atom. The van der Waals surface area contributed by atoms with E-state index in [1.54, 1.807) is 0 Å². The zero-order valence-corrected chi connectivity index (χ0v) is 20.1. The average molecular weight is 476 g/mol. The highest BCUT2D eigenvalue weighted by atomic mass is 15.1. The van der Waals surface area contributed by atoms with Gasteiger partial charge in [-0.3, -0.25) is 4.98 Å². The third-order valence-electron chi connectivity index (χ3n) is 7.68. The van der Waals surface area contributed by atoms with E-state index in [9.17, 15) is 10.5 Å². The number of benzene rings is 2. The van der Waals surface area contributed by atoms with Gasteiger partial charge in [0.2, 0.25) is 11.4 Å². The van der Waals surface area contributed by atoms with Gasteiger partial charge in [0.15, 0.2) is 12.4 Å². The predicted molar refractivity (Wildman–Crippen MR) is 138 cm³/mol. The number of hydrogen-bond acceptors (Lipinski definition) is 3. The van der Waals surface area contributed by atoms with Crippen LogP contribution in [0.25, 0.3) is 33.6 Å². The fourth-order valence-corrected chi connectivity index (χ4v) is 6.08. The second-order valence-electron chi connectivity index (χ2n) is 9.58. The minimum Gasteiger partial charge on any atom is -0.265 e. The molecule has 5 heteroatoms. The summed E-state index contributed by atoms with van der Waals surface area (Å²) in [5, 5.41) is 19.7. The quantitative estimate of drug-likeness (QED) is 0.312. The van der Waals surface area contributed by atoms with Crippen LogP contribution in [0.4, 0.5) is 0 Å². The van der Waals surface area contributed by atoms with E-state index in [1.165, 1.54) is 11.1 Å². The fourth-order valence-electron chi connectivity index (χ4n) is 6.08. The van der Waals surface area contributed by atoms with E-state index in [2.05, 4.69) is 94.1 Å². The molecule has 0 radical (unpaired) electrons. The molecule has 5 nitrogen and oxygen atoms in total. The van der Waals surface area contributed by atoms with Crippen LogP contribution in [-0.2, 0) is 0 Å². The largest absolute Gasteiger partial charge is 0.265 e. The van der Waals surface area contributed by atoms with Crippen LogP contribution in [0.2, 0.25) is 0 Å². The maximum atomic E-state index is 9.88. The van der Waals surface area contributed by atoms with E-state index < -0.39 is 0 Å². The molecule has 37 heavy (non-hydrogen) atoms. The van der Waals surface area contributed by atoms with Crippen molar-refractivity contribution < 1.29 is 9.13 Å². The number of fused-ring (bicyclic) bond motifs is 11. The smallest absolute Gasteiger partial charge is 0.250 e. The summed E-state index contributed by atoms with van der Waals surface area (Å²) in [6.45, 7) is 2.12. The van der Waals surface area contributed by atoms with E-state index >= 15 is 0 Å². The van der Waals surface area contributed by atoms with Crippen LogP contribution < -0.4 is 9.13 Å². The summed E-state index contributed by atoms with van der Waals surface area (Å²) in [7, 11) is 0. The molecular formula is C32H21N5+2. The normalized spacial score (nSPS) is 16.2. The number of nitriles is 2. The molecule has 2 aromatic carbocycles. The lowest BCUT2D eigenvalue weighted by molar-refractivity contribution is -0.799. The molecule has 5 heterocycles. The lowest BCUT2D eigenvalue weighted by Gasteiger charge is -2.32. The van der Waals surface area contributed by atoms with Gasteiger partial charge < -0.3 is 0 Å². The minimum atomic E-state index is -0.0774. The number of aromatic nitrogens is 3. The summed E-state index contributed by atoms with van der Waals surface area (Å²) in [5.74, 6) is 0. The van der Waals surface area contributed by atoms with Crippen molar-refractivity contribution in [2.45, 2.75) is 19.0 Å². The van der Waals surface area contributed by atoms with E-state index in [0.29, 0.717) is 11.1 Å². The highest BCUT2D eigenvalue weighted by molar-refractivity contribution is 5.74. The average Bonchev–Trinajstić information content (AvgIpc) is 2.96. The third kappa shape index (κ3) is 2.98. The number of aryl methyl sites for hydroxylation is 1. The molecule has 0 N–H and O–H groups in total. The van der Waals surface area contributed by atoms with Gasteiger partial charge in [-0.15, -0.1) is 0 Å². The standard InChI is InChI=1S/C32H21N5/c1-20-14-30-26-15-22(17-33)23(18-34)16-27(26)32-31(37(30)19-28(20)21-9-11-35-12-10-21)25-7-3-2-6-24(25)29-8-4-5-13-36(29)32/h2-16,19,31-32H,1H3/q+2. The maximum Gasteiger partial charge on any atom is 0.250 e. The Bertz CT molecular complexity index is 1830. The Morgan fingerprint density at radius 2 is 1.43 bits per heavy atom. The van der Waals surface area contributed by atoms with Crippen molar-refractivity contribution in [2.24, 2.45) is 0 Å². The molecule has 0 fully saturated rings. The van der Waals surface area contributed by atoms with Crippen molar-refractivity contribution in [2.75, 3.05) is 0 Å². The van der Waals surface area contributed by atoms with Gasteiger partial charge >= 0.3 is 0 Å². The highest BCUT2D eigenvalue weighted by Gasteiger charge is 2.52. The molecule has 0 spiro atoms. The molecule has 3 aromatic heterocycles. The second kappa shape index (κ2) is 7.95. The SMILES string of the molecule is Cc1cc2[n+](cc1-c1ccncc1)C1c3ccccc3-c3cccc[n+]3C1c1cc(C#N)c(C#N)cc1-2. The molecule has 7 rings (SSSR count). The number of rotatable bonds is 1. The summed E-state index contributed by atoms with van der Waals surface area (Å²) in [6.07, 6.45) is 8.01. The monoisotopic (exact) mass is 475 g/mol. The van der Waals surface area contributed by atoms with Gasteiger partial charge in [-0.05, 0) is 54.4 Å². The molecule has 0 aliphatic carbocycles. The summed E-state index contributed by atoms with van der Waals surface area (Å²) < 4.78 is 4.69. The molecule has 0 amide bonds. The molecule has 2 aliphatic heterocycles. The molecule has 172 valence electrons. The first-order chi connectivity index (χ1) is 18.2. The van der Waals surface area contributed by atoms with Gasteiger partial charge in [-0.25, -0.2) is 0 Å². The highest BCUT2D eigenvalue weighted by Crippen LogP contribution is 2.46. The molecule has 0 saturated carbocycles. The zero-order chi connectivity index (χ0) is 25.1. The van der Waals surface area contributed by atoms with Crippen molar-refractivity contribution in [1.82, 2.24) is 4.98 Å². The lowest BCUT2D eigenvalue weighted by Crippen LogP contribution is -2.59. The lowest BCUT2D eigenvalue weighted by atomic mass is 9.78. The van der Waals surface area contributed by atoms with Crippen LogP contribution in [0.1, 0.15) is 39.9 Å². The summed E-state index contributed by atoms with van der Waals surface area (Å²) in [4.78, 5) is 4.21. The molecule has 2 unspecified atom stereocenters. The van der Waals surface area contributed by atoms with Crippen LogP contribution in [0.5, 0.6) is 0 Å².